The molecule has 84 valence electrons. The van der Waals surface area contributed by atoms with Gasteiger partial charge in [-0.15, -0.1) is 11.3 Å². The summed E-state index contributed by atoms with van der Waals surface area (Å²) in [7, 11) is 2.01. The van der Waals surface area contributed by atoms with Crippen LogP contribution >= 0.6 is 22.9 Å². The fraction of sp³-hybridized carbons (Fsp3) is 0.700. The van der Waals surface area contributed by atoms with Gasteiger partial charge in [-0.05, 0) is 32.4 Å². The van der Waals surface area contributed by atoms with Gasteiger partial charge in [-0.2, -0.15) is 0 Å². The van der Waals surface area contributed by atoms with E-state index in [2.05, 4.69) is 15.2 Å². The number of nitrogens with zero attached hydrogens (tertiary/aromatic N) is 2. The lowest BCUT2D eigenvalue weighted by atomic mass is 9.98. The van der Waals surface area contributed by atoms with E-state index >= 15 is 0 Å². The van der Waals surface area contributed by atoms with Crippen molar-refractivity contribution >= 4 is 28.1 Å². The number of piperidine rings is 1. The lowest BCUT2D eigenvalue weighted by Crippen LogP contribution is -2.39. The minimum absolute atomic E-state index is 0.616. The molecule has 0 bridgehead atoms. The molecule has 1 fully saturated rings. The van der Waals surface area contributed by atoms with E-state index in [0.29, 0.717) is 5.15 Å². The smallest absolute Gasteiger partial charge is 0.186 e. The highest BCUT2D eigenvalue weighted by molar-refractivity contribution is 7.14. The average molecular weight is 246 g/mol. The summed E-state index contributed by atoms with van der Waals surface area (Å²) in [6, 6.07) is 0. The number of rotatable bonds is 3. The number of aromatic nitrogens is 1. The second-order valence-electron chi connectivity index (χ2n) is 3.96. The van der Waals surface area contributed by atoms with E-state index in [0.717, 1.165) is 30.7 Å². The monoisotopic (exact) mass is 245 g/mol. The maximum Gasteiger partial charge on any atom is 0.186 e. The maximum atomic E-state index is 5.84. The van der Waals surface area contributed by atoms with Crippen molar-refractivity contribution in [1.29, 1.82) is 0 Å². The predicted octanol–water partition coefficient (Wildman–Crippen LogP) is 2.23. The molecule has 0 spiro atoms. The first-order chi connectivity index (χ1) is 7.29. The largest absolute Gasteiger partial charge is 0.348 e. The molecule has 2 rings (SSSR count). The molecule has 3 nitrogen and oxygen atoms in total. The topological polar surface area (TPSA) is 28.2 Å². The number of halogens is 1. The Bertz CT molecular complexity index is 313. The van der Waals surface area contributed by atoms with Gasteiger partial charge in [0.1, 0.15) is 5.15 Å². The summed E-state index contributed by atoms with van der Waals surface area (Å²) in [5.74, 6) is 0.742. The van der Waals surface area contributed by atoms with Crippen molar-refractivity contribution in [3.05, 3.63) is 10.5 Å². The molecular formula is C10H16ClN3S. The molecule has 1 unspecified atom stereocenters. The fourth-order valence-corrected chi connectivity index (χ4v) is 3.07. The standard InChI is InChI=1S/C10H16ClN3S/c1-12-5-8-3-2-4-14(6-8)10-13-9(11)7-15-10/h7-8,12H,2-6H2,1H3. The van der Waals surface area contributed by atoms with Gasteiger partial charge in [-0.3, -0.25) is 0 Å². The van der Waals surface area contributed by atoms with Gasteiger partial charge in [-0.1, -0.05) is 11.6 Å². The normalized spacial score (nSPS) is 22.0. The zero-order chi connectivity index (χ0) is 10.7. The van der Waals surface area contributed by atoms with Crippen molar-refractivity contribution in [2.45, 2.75) is 12.8 Å². The first kappa shape index (κ1) is 11.2. The second-order valence-corrected chi connectivity index (χ2v) is 5.19. The third-order valence-corrected chi connectivity index (χ3v) is 3.97. The molecule has 0 aromatic carbocycles. The summed E-state index contributed by atoms with van der Waals surface area (Å²) in [6.45, 7) is 3.31. The summed E-state index contributed by atoms with van der Waals surface area (Å²) < 4.78 is 0. The molecular weight excluding hydrogens is 230 g/mol. The Morgan fingerprint density at radius 3 is 3.27 bits per heavy atom. The third-order valence-electron chi connectivity index (χ3n) is 2.75. The van der Waals surface area contributed by atoms with Crippen molar-refractivity contribution in [3.63, 3.8) is 0 Å². The Balaban J connectivity index is 1.98. The Morgan fingerprint density at radius 2 is 2.60 bits per heavy atom. The van der Waals surface area contributed by atoms with Crippen LogP contribution in [0.15, 0.2) is 5.38 Å². The number of hydrogen-bond donors (Lipinski definition) is 1. The molecule has 1 aromatic rings. The quantitative estimate of drug-likeness (QED) is 0.885. The Kier molecular flexibility index (Phi) is 3.83. The molecule has 1 saturated heterocycles. The van der Waals surface area contributed by atoms with E-state index in [9.17, 15) is 0 Å². The highest BCUT2D eigenvalue weighted by Gasteiger charge is 2.21. The SMILES string of the molecule is CNCC1CCCN(c2nc(Cl)cs2)C1. The van der Waals surface area contributed by atoms with Gasteiger partial charge >= 0.3 is 0 Å². The van der Waals surface area contributed by atoms with Crippen LogP contribution < -0.4 is 10.2 Å². The molecule has 1 aliphatic heterocycles. The molecule has 0 amide bonds. The first-order valence-electron chi connectivity index (χ1n) is 5.30. The minimum atomic E-state index is 0.616. The van der Waals surface area contributed by atoms with Crippen LogP contribution in [0.3, 0.4) is 0 Å². The van der Waals surface area contributed by atoms with E-state index in [4.69, 9.17) is 11.6 Å². The van der Waals surface area contributed by atoms with Crippen molar-refractivity contribution < 1.29 is 0 Å². The van der Waals surface area contributed by atoms with Crippen LogP contribution in [0, 0.1) is 5.92 Å². The van der Waals surface area contributed by atoms with Crippen molar-refractivity contribution in [3.8, 4) is 0 Å². The van der Waals surface area contributed by atoms with Gasteiger partial charge in [0.15, 0.2) is 5.13 Å². The summed E-state index contributed by atoms with van der Waals surface area (Å²) >= 11 is 7.48. The first-order valence-corrected chi connectivity index (χ1v) is 6.56. The molecule has 5 heteroatoms. The lowest BCUT2D eigenvalue weighted by Gasteiger charge is -2.32. The molecule has 0 radical (unpaired) electrons. The summed E-state index contributed by atoms with van der Waals surface area (Å²) in [6.07, 6.45) is 2.57. The second kappa shape index (κ2) is 5.14. The van der Waals surface area contributed by atoms with Crippen LogP contribution in [0.2, 0.25) is 5.15 Å². The van der Waals surface area contributed by atoms with Crippen molar-refractivity contribution in [2.75, 3.05) is 31.6 Å². The molecule has 1 N–H and O–H groups in total. The van der Waals surface area contributed by atoms with Gasteiger partial charge in [0, 0.05) is 18.5 Å². The molecule has 0 saturated carbocycles. The number of nitrogens with one attached hydrogen (secondary N) is 1. The Labute approximate surface area is 99.5 Å². The van der Waals surface area contributed by atoms with Crippen LogP contribution in [0.4, 0.5) is 5.13 Å². The fourth-order valence-electron chi connectivity index (χ4n) is 2.08. The molecule has 1 aromatic heterocycles. The van der Waals surface area contributed by atoms with Crippen molar-refractivity contribution in [2.24, 2.45) is 5.92 Å². The van der Waals surface area contributed by atoms with Crippen molar-refractivity contribution in [1.82, 2.24) is 10.3 Å². The molecule has 1 aliphatic rings. The zero-order valence-corrected chi connectivity index (χ0v) is 10.4. The maximum absolute atomic E-state index is 5.84. The molecule has 0 aliphatic carbocycles. The Morgan fingerprint density at radius 1 is 1.73 bits per heavy atom. The summed E-state index contributed by atoms with van der Waals surface area (Å²) in [5.41, 5.74) is 0. The summed E-state index contributed by atoms with van der Waals surface area (Å²) in [4.78, 5) is 6.67. The van der Waals surface area contributed by atoms with Crippen LogP contribution in [0.1, 0.15) is 12.8 Å². The van der Waals surface area contributed by atoms with E-state index in [1.165, 1.54) is 12.8 Å². The highest BCUT2D eigenvalue weighted by Crippen LogP contribution is 2.27. The summed E-state index contributed by atoms with van der Waals surface area (Å²) in [5, 5.41) is 6.83. The molecule has 1 atom stereocenters. The van der Waals surface area contributed by atoms with E-state index in [1.54, 1.807) is 11.3 Å². The van der Waals surface area contributed by atoms with Crippen LogP contribution in [0.5, 0.6) is 0 Å². The Hall–Kier alpha value is -0.320. The number of anilines is 1. The van der Waals surface area contributed by atoms with E-state index in [-0.39, 0.29) is 0 Å². The minimum Gasteiger partial charge on any atom is -0.348 e. The van der Waals surface area contributed by atoms with E-state index < -0.39 is 0 Å². The van der Waals surface area contributed by atoms with Gasteiger partial charge in [0.05, 0.1) is 0 Å². The molecule has 15 heavy (non-hydrogen) atoms. The highest BCUT2D eigenvalue weighted by atomic mass is 35.5. The van der Waals surface area contributed by atoms with Gasteiger partial charge in [0.2, 0.25) is 0 Å². The van der Waals surface area contributed by atoms with Gasteiger partial charge < -0.3 is 10.2 Å². The lowest BCUT2D eigenvalue weighted by molar-refractivity contribution is 0.402. The van der Waals surface area contributed by atoms with Crippen LogP contribution in [-0.4, -0.2) is 31.7 Å². The van der Waals surface area contributed by atoms with Crippen LogP contribution in [0.25, 0.3) is 0 Å². The predicted molar refractivity (Wildman–Crippen MR) is 66.0 cm³/mol. The third kappa shape index (κ3) is 2.83. The average Bonchev–Trinajstić information content (AvgIpc) is 2.66. The zero-order valence-electron chi connectivity index (χ0n) is 8.87. The van der Waals surface area contributed by atoms with Crippen LogP contribution in [-0.2, 0) is 0 Å². The molecule has 2 heterocycles. The van der Waals surface area contributed by atoms with Gasteiger partial charge in [0.25, 0.3) is 0 Å². The van der Waals surface area contributed by atoms with Gasteiger partial charge in [-0.25, -0.2) is 4.98 Å². The van der Waals surface area contributed by atoms with E-state index in [1.807, 2.05) is 12.4 Å². The number of thiazole rings is 1. The number of hydrogen-bond acceptors (Lipinski definition) is 4.